The fourth-order valence-electron chi connectivity index (χ4n) is 2.61. The number of aromatic nitrogens is 2. The lowest BCUT2D eigenvalue weighted by molar-refractivity contribution is -0.118. The van der Waals surface area contributed by atoms with Gasteiger partial charge in [0, 0.05) is 5.02 Å². The SMILES string of the molecule is NC(=O)Cn1c(=O)n(Cc2ccccc2)c(=O)c2cc(Cl)ccc21. The van der Waals surface area contributed by atoms with E-state index in [1.54, 1.807) is 6.07 Å². The molecule has 122 valence electrons. The zero-order valence-corrected chi connectivity index (χ0v) is 13.4. The van der Waals surface area contributed by atoms with Gasteiger partial charge in [-0.1, -0.05) is 41.9 Å². The van der Waals surface area contributed by atoms with Crippen LogP contribution in [0.5, 0.6) is 0 Å². The van der Waals surface area contributed by atoms with Gasteiger partial charge in [-0.05, 0) is 23.8 Å². The summed E-state index contributed by atoms with van der Waals surface area (Å²) < 4.78 is 2.27. The molecule has 0 radical (unpaired) electrons. The van der Waals surface area contributed by atoms with Crippen molar-refractivity contribution in [2.24, 2.45) is 5.73 Å². The van der Waals surface area contributed by atoms with E-state index in [0.29, 0.717) is 10.5 Å². The summed E-state index contributed by atoms with van der Waals surface area (Å²) in [5.74, 6) is -0.668. The van der Waals surface area contributed by atoms with Crippen molar-refractivity contribution >= 4 is 28.4 Å². The number of halogens is 1. The third-order valence-corrected chi connectivity index (χ3v) is 3.92. The largest absolute Gasteiger partial charge is 0.368 e. The number of amides is 1. The van der Waals surface area contributed by atoms with Crippen LogP contribution in [0.2, 0.25) is 5.02 Å². The van der Waals surface area contributed by atoms with Gasteiger partial charge in [-0.2, -0.15) is 0 Å². The molecule has 1 heterocycles. The predicted molar refractivity (Wildman–Crippen MR) is 92.2 cm³/mol. The number of benzene rings is 2. The monoisotopic (exact) mass is 343 g/mol. The highest BCUT2D eigenvalue weighted by Gasteiger charge is 2.15. The van der Waals surface area contributed by atoms with Gasteiger partial charge in [0.1, 0.15) is 6.54 Å². The summed E-state index contributed by atoms with van der Waals surface area (Å²) in [5, 5.41) is 0.634. The van der Waals surface area contributed by atoms with Crippen molar-refractivity contribution < 1.29 is 4.79 Å². The molecule has 0 unspecified atom stereocenters. The van der Waals surface area contributed by atoms with Crippen molar-refractivity contribution in [3.05, 3.63) is 80.0 Å². The molecule has 7 heteroatoms. The first-order valence-corrected chi connectivity index (χ1v) is 7.60. The zero-order valence-electron chi connectivity index (χ0n) is 12.6. The molecule has 1 aromatic heterocycles. The Bertz CT molecular complexity index is 1040. The van der Waals surface area contributed by atoms with E-state index in [1.165, 1.54) is 16.7 Å². The van der Waals surface area contributed by atoms with Crippen LogP contribution in [0.4, 0.5) is 0 Å². The standard InChI is InChI=1S/C17H14ClN3O3/c18-12-6-7-14-13(8-12)16(23)21(9-11-4-2-1-3-5-11)17(24)20(14)10-15(19)22/h1-8H,9-10H2,(H2,19,22). The fraction of sp³-hybridized carbons (Fsp3) is 0.118. The Hall–Kier alpha value is -2.86. The third kappa shape index (κ3) is 2.96. The summed E-state index contributed by atoms with van der Waals surface area (Å²) in [6, 6.07) is 13.7. The minimum Gasteiger partial charge on any atom is -0.368 e. The van der Waals surface area contributed by atoms with Crippen LogP contribution in [-0.2, 0) is 17.9 Å². The normalized spacial score (nSPS) is 10.9. The smallest absolute Gasteiger partial charge is 0.332 e. The van der Waals surface area contributed by atoms with Crippen LogP contribution >= 0.6 is 11.6 Å². The number of nitrogens with zero attached hydrogens (tertiary/aromatic N) is 2. The van der Waals surface area contributed by atoms with Crippen LogP contribution < -0.4 is 17.0 Å². The Kier molecular flexibility index (Phi) is 4.22. The summed E-state index contributed by atoms with van der Waals surface area (Å²) in [7, 11) is 0. The summed E-state index contributed by atoms with van der Waals surface area (Å²) in [5.41, 5.74) is 5.33. The van der Waals surface area contributed by atoms with E-state index >= 15 is 0 Å². The number of nitrogens with two attached hydrogens (primary N) is 1. The number of hydrogen-bond donors (Lipinski definition) is 1. The number of primary amides is 1. The molecule has 2 N–H and O–H groups in total. The van der Waals surface area contributed by atoms with Crippen LogP contribution in [0.3, 0.4) is 0 Å². The molecule has 0 saturated heterocycles. The third-order valence-electron chi connectivity index (χ3n) is 3.68. The van der Waals surface area contributed by atoms with Crippen LogP contribution in [0, 0.1) is 0 Å². The van der Waals surface area contributed by atoms with E-state index in [1.807, 2.05) is 30.3 Å². The summed E-state index contributed by atoms with van der Waals surface area (Å²) in [6.45, 7) is -0.217. The minimum absolute atomic E-state index is 0.0969. The first kappa shape index (κ1) is 16.0. The number of hydrogen-bond acceptors (Lipinski definition) is 3. The number of carbonyl (C=O) groups excluding carboxylic acids is 1. The molecular weight excluding hydrogens is 330 g/mol. The molecule has 0 fully saturated rings. The molecule has 0 atom stereocenters. The first-order chi connectivity index (χ1) is 11.5. The maximum atomic E-state index is 12.7. The Balaban J connectivity index is 2.30. The highest BCUT2D eigenvalue weighted by Crippen LogP contribution is 2.15. The second-order valence-electron chi connectivity index (χ2n) is 5.37. The number of fused-ring (bicyclic) bond motifs is 1. The topological polar surface area (TPSA) is 87.1 Å². The van der Waals surface area contributed by atoms with Crippen molar-refractivity contribution in [2.45, 2.75) is 13.1 Å². The maximum Gasteiger partial charge on any atom is 0.332 e. The van der Waals surface area contributed by atoms with Crippen molar-refractivity contribution in [3.8, 4) is 0 Å². The second kappa shape index (κ2) is 6.33. The lowest BCUT2D eigenvalue weighted by atomic mass is 10.2. The summed E-state index contributed by atoms with van der Waals surface area (Å²) in [4.78, 5) is 36.8. The maximum absolute atomic E-state index is 12.7. The molecule has 0 spiro atoms. The average Bonchev–Trinajstić information content (AvgIpc) is 2.56. The van der Waals surface area contributed by atoms with Gasteiger partial charge in [-0.15, -0.1) is 0 Å². The van der Waals surface area contributed by atoms with Crippen molar-refractivity contribution in [1.29, 1.82) is 0 Å². The molecule has 0 aliphatic carbocycles. The number of carbonyl (C=O) groups is 1. The predicted octanol–water partition coefficient (Wildman–Crippen LogP) is 1.35. The summed E-state index contributed by atoms with van der Waals surface area (Å²) in [6.07, 6.45) is 0. The first-order valence-electron chi connectivity index (χ1n) is 7.22. The second-order valence-corrected chi connectivity index (χ2v) is 5.81. The lowest BCUT2D eigenvalue weighted by Gasteiger charge is -2.13. The van der Waals surface area contributed by atoms with E-state index in [9.17, 15) is 14.4 Å². The van der Waals surface area contributed by atoms with Gasteiger partial charge in [0.25, 0.3) is 5.56 Å². The van der Waals surface area contributed by atoms with Crippen molar-refractivity contribution in [2.75, 3.05) is 0 Å². The van der Waals surface area contributed by atoms with Crippen LogP contribution in [-0.4, -0.2) is 15.0 Å². The van der Waals surface area contributed by atoms with Gasteiger partial charge < -0.3 is 5.73 Å². The van der Waals surface area contributed by atoms with Gasteiger partial charge in [0.15, 0.2) is 0 Å². The molecule has 24 heavy (non-hydrogen) atoms. The highest BCUT2D eigenvalue weighted by atomic mass is 35.5. The quantitative estimate of drug-likeness (QED) is 0.775. The molecule has 2 aromatic carbocycles. The molecular formula is C17H14ClN3O3. The molecule has 3 rings (SSSR count). The van der Waals surface area contributed by atoms with Crippen LogP contribution in [0.1, 0.15) is 5.56 Å². The molecule has 3 aromatic rings. The Labute approximate surface area is 141 Å². The van der Waals surface area contributed by atoms with E-state index in [2.05, 4.69) is 0 Å². The van der Waals surface area contributed by atoms with Gasteiger partial charge in [-0.25, -0.2) is 4.79 Å². The Morgan fingerprint density at radius 3 is 2.42 bits per heavy atom. The molecule has 0 aliphatic heterocycles. The van der Waals surface area contributed by atoms with Gasteiger partial charge in [0.05, 0.1) is 17.4 Å². The van der Waals surface area contributed by atoms with Crippen molar-refractivity contribution in [1.82, 2.24) is 9.13 Å². The fourth-order valence-corrected chi connectivity index (χ4v) is 2.78. The zero-order chi connectivity index (χ0) is 17.3. The Morgan fingerprint density at radius 2 is 1.75 bits per heavy atom. The van der Waals surface area contributed by atoms with Crippen LogP contribution in [0.15, 0.2) is 58.1 Å². The Morgan fingerprint density at radius 1 is 1.04 bits per heavy atom. The molecule has 0 bridgehead atoms. The molecule has 1 amide bonds. The lowest BCUT2D eigenvalue weighted by Crippen LogP contribution is -2.42. The van der Waals surface area contributed by atoms with Crippen LogP contribution in [0.25, 0.3) is 10.9 Å². The highest BCUT2D eigenvalue weighted by molar-refractivity contribution is 6.31. The van der Waals surface area contributed by atoms with Gasteiger partial charge in [0.2, 0.25) is 5.91 Å². The minimum atomic E-state index is -0.668. The summed E-state index contributed by atoms with van der Waals surface area (Å²) >= 11 is 5.97. The van der Waals surface area contributed by atoms with E-state index in [0.717, 1.165) is 10.1 Å². The van der Waals surface area contributed by atoms with Gasteiger partial charge in [-0.3, -0.25) is 18.7 Å². The van der Waals surface area contributed by atoms with Crippen molar-refractivity contribution in [3.63, 3.8) is 0 Å². The van der Waals surface area contributed by atoms with Gasteiger partial charge >= 0.3 is 5.69 Å². The average molecular weight is 344 g/mol. The molecule has 0 aliphatic rings. The van der Waals surface area contributed by atoms with E-state index in [-0.39, 0.29) is 18.5 Å². The van der Waals surface area contributed by atoms with E-state index in [4.69, 9.17) is 17.3 Å². The molecule has 6 nitrogen and oxygen atoms in total. The van der Waals surface area contributed by atoms with E-state index < -0.39 is 17.2 Å². The number of rotatable bonds is 4. The molecule has 0 saturated carbocycles.